The zero-order valence-electron chi connectivity index (χ0n) is 9.44. The zero-order valence-corrected chi connectivity index (χ0v) is 12.6. The number of hydrogen-bond donors (Lipinski definition) is 0. The highest BCUT2D eigenvalue weighted by Gasteiger charge is 2.36. The Kier molecular flexibility index (Phi) is 4.31. The van der Waals surface area contributed by atoms with Crippen molar-refractivity contribution in [2.45, 2.75) is 23.8 Å². The molecule has 0 N–H and O–H groups in total. The van der Waals surface area contributed by atoms with Gasteiger partial charge >= 0.3 is 0 Å². The molecule has 1 unspecified atom stereocenters. The van der Waals surface area contributed by atoms with E-state index in [1.807, 2.05) is 0 Å². The first-order valence-electron chi connectivity index (χ1n) is 5.49. The predicted octanol–water partition coefficient (Wildman–Crippen LogP) is 2.98. The highest BCUT2D eigenvalue weighted by molar-refractivity contribution is 9.10. The van der Waals surface area contributed by atoms with Crippen molar-refractivity contribution >= 4 is 37.6 Å². The van der Waals surface area contributed by atoms with E-state index in [0.717, 1.165) is 18.9 Å². The van der Waals surface area contributed by atoms with Gasteiger partial charge in [-0.2, -0.15) is 4.31 Å². The second-order valence-electron chi connectivity index (χ2n) is 4.14. The first-order chi connectivity index (χ1) is 8.46. The topological polar surface area (TPSA) is 37.4 Å². The molecule has 7 heteroatoms. The fourth-order valence-corrected chi connectivity index (χ4v) is 4.57. The lowest BCUT2D eigenvalue weighted by molar-refractivity contribution is 0.407. The van der Waals surface area contributed by atoms with Crippen LogP contribution >= 0.6 is 27.5 Å². The quantitative estimate of drug-likeness (QED) is 0.781. The molecule has 3 nitrogen and oxygen atoms in total. The molecule has 1 aliphatic rings. The maximum absolute atomic E-state index is 13.8. The van der Waals surface area contributed by atoms with Gasteiger partial charge in [0.2, 0.25) is 10.0 Å². The average molecular weight is 357 g/mol. The Morgan fingerprint density at radius 3 is 2.83 bits per heavy atom. The zero-order chi connectivity index (χ0) is 13.3. The van der Waals surface area contributed by atoms with Gasteiger partial charge in [0, 0.05) is 22.9 Å². The molecule has 2 rings (SSSR count). The minimum absolute atomic E-state index is 0.234. The van der Waals surface area contributed by atoms with Crippen LogP contribution in [0.25, 0.3) is 0 Å². The van der Waals surface area contributed by atoms with E-state index in [4.69, 9.17) is 11.6 Å². The van der Waals surface area contributed by atoms with Crippen molar-refractivity contribution in [3.63, 3.8) is 0 Å². The summed E-state index contributed by atoms with van der Waals surface area (Å²) in [6, 6.07) is 3.71. The molecule has 0 spiro atoms. The molecule has 0 radical (unpaired) electrons. The molecular formula is C11H12BrClFNO2S. The molecule has 1 aromatic carbocycles. The van der Waals surface area contributed by atoms with Crippen molar-refractivity contribution in [3.05, 3.63) is 28.5 Å². The first kappa shape index (κ1) is 14.2. The summed E-state index contributed by atoms with van der Waals surface area (Å²) >= 11 is 8.86. The standard InChI is InChI=1S/C11H12BrClFNO2S/c12-8-3-4-11(10(14)6-8)18(16,17)15-5-1-2-9(15)7-13/h3-4,6,9H,1-2,5,7H2. The van der Waals surface area contributed by atoms with Gasteiger partial charge in [0.1, 0.15) is 10.7 Å². The van der Waals surface area contributed by atoms with Crippen molar-refractivity contribution in [1.82, 2.24) is 4.31 Å². The normalized spacial score (nSPS) is 21.4. The molecule has 1 aromatic rings. The van der Waals surface area contributed by atoms with E-state index in [-0.39, 0.29) is 16.8 Å². The van der Waals surface area contributed by atoms with E-state index in [0.29, 0.717) is 11.0 Å². The highest BCUT2D eigenvalue weighted by atomic mass is 79.9. The van der Waals surface area contributed by atoms with E-state index in [1.54, 1.807) is 0 Å². The number of sulfonamides is 1. The van der Waals surface area contributed by atoms with Gasteiger partial charge < -0.3 is 0 Å². The summed E-state index contributed by atoms with van der Waals surface area (Å²) in [5.74, 6) is -0.512. The van der Waals surface area contributed by atoms with Crippen LogP contribution in [-0.2, 0) is 10.0 Å². The van der Waals surface area contributed by atoms with Crippen LogP contribution in [0.5, 0.6) is 0 Å². The van der Waals surface area contributed by atoms with E-state index in [2.05, 4.69) is 15.9 Å². The summed E-state index contributed by atoms with van der Waals surface area (Å²) in [6.07, 6.45) is 1.48. The molecule has 1 heterocycles. The fourth-order valence-electron chi connectivity index (χ4n) is 2.09. The number of nitrogens with zero attached hydrogens (tertiary/aromatic N) is 1. The third-order valence-electron chi connectivity index (χ3n) is 2.98. The second kappa shape index (κ2) is 5.45. The molecule has 1 saturated heterocycles. The maximum Gasteiger partial charge on any atom is 0.246 e. The van der Waals surface area contributed by atoms with Gasteiger partial charge in [0.15, 0.2) is 0 Å². The third-order valence-corrected chi connectivity index (χ3v) is 5.82. The maximum atomic E-state index is 13.8. The lowest BCUT2D eigenvalue weighted by atomic mass is 10.3. The largest absolute Gasteiger partial charge is 0.246 e. The predicted molar refractivity (Wildman–Crippen MR) is 71.7 cm³/mol. The Morgan fingerprint density at radius 2 is 2.22 bits per heavy atom. The smallest absolute Gasteiger partial charge is 0.207 e. The Morgan fingerprint density at radius 1 is 1.50 bits per heavy atom. The Hall–Kier alpha value is -0.170. The number of halogens is 3. The lowest BCUT2D eigenvalue weighted by Crippen LogP contribution is -2.36. The summed E-state index contributed by atoms with van der Waals surface area (Å²) in [6.45, 7) is 0.398. The minimum Gasteiger partial charge on any atom is -0.207 e. The van der Waals surface area contributed by atoms with Gasteiger partial charge in [-0.05, 0) is 31.0 Å². The highest BCUT2D eigenvalue weighted by Crippen LogP contribution is 2.29. The van der Waals surface area contributed by atoms with Crippen LogP contribution in [0.2, 0.25) is 0 Å². The molecular weight excluding hydrogens is 345 g/mol. The summed E-state index contributed by atoms with van der Waals surface area (Å²) in [5, 5.41) is 0. The van der Waals surface area contributed by atoms with Crippen molar-refractivity contribution < 1.29 is 12.8 Å². The molecule has 100 valence electrons. The van der Waals surface area contributed by atoms with Gasteiger partial charge in [0.05, 0.1) is 0 Å². The van der Waals surface area contributed by atoms with Crippen LogP contribution in [-0.4, -0.2) is 31.2 Å². The van der Waals surface area contributed by atoms with Crippen molar-refractivity contribution in [1.29, 1.82) is 0 Å². The molecule has 0 aliphatic carbocycles. The lowest BCUT2D eigenvalue weighted by Gasteiger charge is -2.22. The Balaban J connectivity index is 2.42. The van der Waals surface area contributed by atoms with Crippen molar-refractivity contribution in [3.8, 4) is 0 Å². The van der Waals surface area contributed by atoms with Crippen LogP contribution in [0.15, 0.2) is 27.6 Å². The monoisotopic (exact) mass is 355 g/mol. The summed E-state index contributed by atoms with van der Waals surface area (Å²) in [4.78, 5) is -0.289. The van der Waals surface area contributed by atoms with E-state index in [1.165, 1.54) is 16.4 Å². The van der Waals surface area contributed by atoms with Crippen molar-refractivity contribution in [2.24, 2.45) is 0 Å². The summed E-state index contributed by atoms with van der Waals surface area (Å²) < 4.78 is 40.3. The van der Waals surface area contributed by atoms with Crippen LogP contribution in [0.4, 0.5) is 4.39 Å². The Labute approximate surface area is 119 Å². The molecule has 0 aromatic heterocycles. The summed E-state index contributed by atoms with van der Waals surface area (Å²) in [7, 11) is -3.79. The number of alkyl halides is 1. The number of hydrogen-bond acceptors (Lipinski definition) is 2. The SMILES string of the molecule is O=S(=O)(c1ccc(Br)cc1F)N1CCCC1CCl. The molecule has 18 heavy (non-hydrogen) atoms. The van der Waals surface area contributed by atoms with Crippen LogP contribution in [0.1, 0.15) is 12.8 Å². The number of benzene rings is 1. The molecule has 0 bridgehead atoms. The minimum atomic E-state index is -3.79. The fraction of sp³-hybridized carbons (Fsp3) is 0.455. The van der Waals surface area contributed by atoms with E-state index >= 15 is 0 Å². The summed E-state index contributed by atoms with van der Waals surface area (Å²) in [5.41, 5.74) is 0. The number of rotatable bonds is 3. The molecule has 0 amide bonds. The van der Waals surface area contributed by atoms with Crippen LogP contribution < -0.4 is 0 Å². The second-order valence-corrected chi connectivity index (χ2v) is 7.22. The van der Waals surface area contributed by atoms with Crippen molar-refractivity contribution in [2.75, 3.05) is 12.4 Å². The molecule has 1 fully saturated rings. The molecule has 0 saturated carbocycles. The van der Waals surface area contributed by atoms with Gasteiger partial charge in [-0.15, -0.1) is 11.6 Å². The van der Waals surface area contributed by atoms with E-state index in [9.17, 15) is 12.8 Å². The van der Waals surface area contributed by atoms with Crippen LogP contribution in [0.3, 0.4) is 0 Å². The first-order valence-corrected chi connectivity index (χ1v) is 8.26. The third kappa shape index (κ3) is 2.57. The van der Waals surface area contributed by atoms with Gasteiger partial charge in [-0.1, -0.05) is 15.9 Å². The molecule has 1 atom stereocenters. The average Bonchev–Trinajstić information content (AvgIpc) is 2.76. The van der Waals surface area contributed by atoms with Gasteiger partial charge in [-0.3, -0.25) is 0 Å². The van der Waals surface area contributed by atoms with Gasteiger partial charge in [-0.25, -0.2) is 12.8 Å². The molecule has 1 aliphatic heterocycles. The van der Waals surface area contributed by atoms with Crippen LogP contribution in [0, 0.1) is 5.82 Å². The van der Waals surface area contributed by atoms with Gasteiger partial charge in [0.25, 0.3) is 0 Å². The van der Waals surface area contributed by atoms with E-state index < -0.39 is 15.8 Å². The Bertz CT molecular complexity index is 552.